The Labute approximate surface area is 389 Å². The Kier molecular flexibility index (Phi) is 27.6. The van der Waals surface area contributed by atoms with Crippen LogP contribution in [0.4, 0.5) is 8.78 Å². The van der Waals surface area contributed by atoms with E-state index in [9.17, 15) is 18.4 Å². The van der Waals surface area contributed by atoms with Crippen LogP contribution in [0.3, 0.4) is 0 Å². The number of halogens is 2. The third kappa shape index (κ3) is 22.7. The molecule has 1 aromatic rings. The summed E-state index contributed by atoms with van der Waals surface area (Å²) in [6.07, 6.45) is 9.27. The van der Waals surface area contributed by atoms with Gasteiger partial charge in [0.2, 0.25) is 17.7 Å². The van der Waals surface area contributed by atoms with Crippen molar-refractivity contribution < 1.29 is 37.3 Å². The van der Waals surface area contributed by atoms with Crippen LogP contribution in [0.25, 0.3) is 0 Å². The second-order valence-electron chi connectivity index (χ2n) is 17.5. The number of carbonyl (C=O) groups excluding carboxylic acids is 2. The number of benzene rings is 1. The number of carbonyl (C=O) groups is 2. The summed E-state index contributed by atoms with van der Waals surface area (Å²) >= 11 is 0. The smallest absolute Gasteiger partial charge is 0.248 e. The predicted molar refractivity (Wildman–Crippen MR) is 254 cm³/mol. The first kappa shape index (κ1) is 55.8. The van der Waals surface area contributed by atoms with Crippen molar-refractivity contribution in [1.29, 1.82) is 10.8 Å². The molecule has 14 nitrogen and oxygen atoms in total. The van der Waals surface area contributed by atoms with Crippen LogP contribution < -0.4 is 10.6 Å². The molecule has 2 amide bonds. The summed E-state index contributed by atoms with van der Waals surface area (Å²) in [5.41, 5.74) is 0.973. The third-order valence-electron chi connectivity index (χ3n) is 12.4. The lowest BCUT2D eigenvalue weighted by Crippen LogP contribution is -2.50. The molecule has 3 unspecified atom stereocenters. The topological polar surface area (TPSA) is 156 Å². The highest BCUT2D eigenvalue weighted by molar-refractivity contribution is 5.99. The molecule has 0 bridgehead atoms. The molecular weight excluding hydrogens is 835 g/mol. The molecule has 1 aromatic carbocycles. The fourth-order valence-electron chi connectivity index (χ4n) is 8.46. The van der Waals surface area contributed by atoms with Crippen LogP contribution in [0.2, 0.25) is 0 Å². The van der Waals surface area contributed by atoms with Crippen molar-refractivity contribution in [1.82, 2.24) is 30.2 Å². The Hall–Kier alpha value is -3.56. The number of piperazine rings is 1. The molecule has 65 heavy (non-hydrogen) atoms. The Morgan fingerprint density at radius 1 is 0.846 bits per heavy atom. The minimum Gasteiger partial charge on any atom is -0.378 e. The summed E-state index contributed by atoms with van der Waals surface area (Å²) < 4.78 is 49.6. The number of hydrogen-bond acceptors (Lipinski definition) is 11. The molecule has 0 aromatic heterocycles. The number of alkyl halides is 2. The molecule has 2 fully saturated rings. The van der Waals surface area contributed by atoms with Gasteiger partial charge in [-0.25, -0.2) is 8.78 Å². The van der Waals surface area contributed by atoms with E-state index in [-0.39, 0.29) is 74.3 Å². The average Bonchev–Trinajstić information content (AvgIpc) is 3.30. The van der Waals surface area contributed by atoms with Gasteiger partial charge in [-0.15, -0.1) is 6.42 Å². The molecule has 0 radical (unpaired) electrons. The van der Waals surface area contributed by atoms with Gasteiger partial charge in [0.15, 0.2) is 0 Å². The monoisotopic (exact) mass is 917 g/mol. The fourth-order valence-corrected chi connectivity index (χ4v) is 8.46. The molecule has 1 saturated heterocycles. The van der Waals surface area contributed by atoms with Crippen LogP contribution in [-0.2, 0) is 28.5 Å². The van der Waals surface area contributed by atoms with E-state index in [1.54, 1.807) is 4.90 Å². The highest BCUT2D eigenvalue weighted by Crippen LogP contribution is 2.36. The standard InChI is InChI=1S/C49H82F2N8O6/c1-6-13-40(4)58(25-20-44(42-14-10-9-11-15-42)55-48(61)43-18-21-49(50,51)22-19-43)39-41(5)59(45(52)8-3)46(53)16-17-47(60)54-23-12-24-56-26-28-57(29-27-56)30-32-63-34-36-65-38-37-64-35-33-62-31-7-2/h2,9-11,14-15,40-41,43-44,52-53H,6,8,12-13,16-39H2,1,3-5H3,(H,54,60)(H,55,61). The number of ether oxygens (including phenoxy) is 4. The fraction of sp³-hybridized carbons (Fsp3) is 0.755. The molecule has 3 rings (SSSR count). The van der Waals surface area contributed by atoms with Gasteiger partial charge in [0.25, 0.3) is 0 Å². The van der Waals surface area contributed by atoms with Crippen molar-refractivity contribution in [2.75, 3.05) is 112 Å². The zero-order chi connectivity index (χ0) is 47.3. The van der Waals surface area contributed by atoms with Crippen molar-refractivity contribution in [3.8, 4) is 12.3 Å². The number of hydrogen-bond donors (Lipinski definition) is 4. The molecule has 368 valence electrons. The number of amidine groups is 2. The van der Waals surface area contributed by atoms with Gasteiger partial charge in [0.05, 0.1) is 52.3 Å². The van der Waals surface area contributed by atoms with E-state index in [1.807, 2.05) is 44.2 Å². The Morgan fingerprint density at radius 2 is 1.45 bits per heavy atom. The highest BCUT2D eigenvalue weighted by Gasteiger charge is 2.38. The number of nitrogens with zero attached hydrogens (tertiary/aromatic N) is 4. The first-order chi connectivity index (χ1) is 31.4. The zero-order valence-corrected chi connectivity index (χ0v) is 40.1. The SMILES string of the molecule is C#CCOCCOCCOCCOCCN1CCN(CCCNC(=O)CCC(=N)N(C(=N)CC)C(C)CN(CCC(NC(=O)C2CCC(F)(F)CC2)c2ccccc2)C(C)CCC)CC1. The molecule has 1 aliphatic carbocycles. The number of rotatable bonds is 33. The molecule has 2 aliphatic rings. The first-order valence-corrected chi connectivity index (χ1v) is 24.2. The molecule has 1 aliphatic heterocycles. The Bertz CT molecular complexity index is 1540. The molecular formula is C49H82F2N8O6. The van der Waals surface area contributed by atoms with Crippen LogP contribution in [0.15, 0.2) is 30.3 Å². The summed E-state index contributed by atoms with van der Waals surface area (Å²) in [6.45, 7) is 19.9. The van der Waals surface area contributed by atoms with Gasteiger partial charge in [-0.3, -0.25) is 30.2 Å². The molecule has 3 atom stereocenters. The zero-order valence-electron chi connectivity index (χ0n) is 40.1. The van der Waals surface area contributed by atoms with Crippen molar-refractivity contribution in [2.45, 2.75) is 122 Å². The average molecular weight is 917 g/mol. The Morgan fingerprint density at radius 3 is 2.05 bits per heavy atom. The van der Waals surface area contributed by atoms with Crippen LogP contribution >= 0.6 is 0 Å². The minimum atomic E-state index is -2.70. The normalized spacial score (nSPS) is 17.3. The molecule has 1 heterocycles. The van der Waals surface area contributed by atoms with E-state index >= 15 is 0 Å². The maximum atomic E-state index is 13.9. The van der Waals surface area contributed by atoms with E-state index < -0.39 is 11.8 Å². The number of amides is 2. The van der Waals surface area contributed by atoms with Gasteiger partial charge in [-0.2, -0.15) is 0 Å². The summed E-state index contributed by atoms with van der Waals surface area (Å²) in [4.78, 5) is 35.3. The van der Waals surface area contributed by atoms with Crippen LogP contribution in [-0.4, -0.2) is 173 Å². The maximum Gasteiger partial charge on any atom is 0.248 e. The lowest BCUT2D eigenvalue weighted by Gasteiger charge is -2.38. The van der Waals surface area contributed by atoms with Gasteiger partial charge in [0.1, 0.15) is 18.3 Å². The van der Waals surface area contributed by atoms with Crippen molar-refractivity contribution in [2.24, 2.45) is 5.92 Å². The molecule has 4 N–H and O–H groups in total. The first-order valence-electron chi connectivity index (χ1n) is 24.2. The highest BCUT2D eigenvalue weighted by atomic mass is 19.3. The van der Waals surface area contributed by atoms with Crippen molar-refractivity contribution in [3.05, 3.63) is 35.9 Å². The largest absolute Gasteiger partial charge is 0.378 e. The summed E-state index contributed by atoms with van der Waals surface area (Å²) in [5, 5.41) is 24.2. The summed E-state index contributed by atoms with van der Waals surface area (Å²) in [6, 6.07) is 9.54. The van der Waals surface area contributed by atoms with E-state index in [4.69, 9.17) is 36.2 Å². The lowest BCUT2D eigenvalue weighted by atomic mass is 9.86. The molecule has 16 heteroatoms. The minimum absolute atomic E-state index is 0.0924. The Balaban J connectivity index is 1.37. The van der Waals surface area contributed by atoms with Gasteiger partial charge < -0.3 is 39.4 Å². The molecule has 0 spiro atoms. The second-order valence-corrected chi connectivity index (χ2v) is 17.5. The number of terminal acetylenes is 1. The van der Waals surface area contributed by atoms with Gasteiger partial charge in [-0.1, -0.05) is 56.5 Å². The van der Waals surface area contributed by atoms with Crippen molar-refractivity contribution >= 4 is 23.5 Å². The lowest BCUT2D eigenvalue weighted by molar-refractivity contribution is -0.130. The summed E-state index contributed by atoms with van der Waals surface area (Å²) in [5.74, 6) is -0.362. The predicted octanol–water partition coefficient (Wildman–Crippen LogP) is 6.21. The van der Waals surface area contributed by atoms with Crippen LogP contribution in [0.1, 0.15) is 110 Å². The van der Waals surface area contributed by atoms with Crippen molar-refractivity contribution in [3.63, 3.8) is 0 Å². The van der Waals surface area contributed by atoms with Crippen LogP contribution in [0.5, 0.6) is 0 Å². The van der Waals surface area contributed by atoms with E-state index in [1.165, 1.54) is 0 Å². The van der Waals surface area contributed by atoms with E-state index in [0.29, 0.717) is 91.2 Å². The number of nitrogens with one attached hydrogen (secondary N) is 4. The van der Waals surface area contributed by atoms with Crippen LogP contribution in [0, 0.1) is 29.1 Å². The molecule has 1 saturated carbocycles. The second kappa shape index (κ2) is 32.2. The van der Waals surface area contributed by atoms with Gasteiger partial charge in [-0.05, 0) is 58.1 Å². The van der Waals surface area contributed by atoms with Gasteiger partial charge >= 0.3 is 0 Å². The third-order valence-corrected chi connectivity index (χ3v) is 12.4. The summed E-state index contributed by atoms with van der Waals surface area (Å²) in [7, 11) is 0. The van der Waals surface area contributed by atoms with Gasteiger partial charge in [0, 0.05) is 102 Å². The van der Waals surface area contributed by atoms with E-state index in [0.717, 1.165) is 64.1 Å². The van der Waals surface area contributed by atoms with E-state index in [2.05, 4.69) is 45.1 Å². The quantitative estimate of drug-likeness (QED) is 0.0277. The maximum absolute atomic E-state index is 13.9.